The Morgan fingerprint density at radius 3 is 2.10 bits per heavy atom. The molecular formula is C14H17F3O3. The maximum absolute atomic E-state index is 13.2. The van der Waals surface area contributed by atoms with E-state index in [4.69, 9.17) is 9.47 Å². The summed E-state index contributed by atoms with van der Waals surface area (Å²) in [5.41, 5.74) is -0.564. The topological polar surface area (TPSA) is 38.7 Å². The average molecular weight is 290 g/mol. The lowest BCUT2D eigenvalue weighted by Crippen LogP contribution is -2.46. The second-order valence-electron chi connectivity index (χ2n) is 5.47. The van der Waals surface area contributed by atoms with Gasteiger partial charge in [-0.2, -0.15) is 0 Å². The molecule has 1 N–H and O–H groups in total. The fourth-order valence-corrected chi connectivity index (χ4v) is 2.28. The van der Waals surface area contributed by atoms with E-state index in [1.54, 1.807) is 0 Å². The van der Waals surface area contributed by atoms with Gasteiger partial charge in [-0.3, -0.25) is 0 Å². The molecule has 0 aliphatic carbocycles. The molecule has 0 unspecified atom stereocenters. The van der Waals surface area contributed by atoms with Crippen LogP contribution in [0.3, 0.4) is 0 Å². The van der Waals surface area contributed by atoms with Crippen LogP contribution in [-0.4, -0.2) is 18.3 Å². The summed E-state index contributed by atoms with van der Waals surface area (Å²) in [6.07, 6.45) is 1.75. The summed E-state index contributed by atoms with van der Waals surface area (Å²) in [5.74, 6) is -6.64. The van der Waals surface area contributed by atoms with Gasteiger partial charge in [-0.05, 0) is 18.6 Å². The fraction of sp³-hybridized carbons (Fsp3) is 0.571. The van der Waals surface area contributed by atoms with Gasteiger partial charge in [0.2, 0.25) is 0 Å². The third-order valence-electron chi connectivity index (χ3n) is 3.43. The normalized spacial score (nSPS) is 30.5. The first-order valence-corrected chi connectivity index (χ1v) is 6.45. The van der Waals surface area contributed by atoms with Crippen molar-refractivity contribution in [3.05, 3.63) is 35.1 Å². The van der Waals surface area contributed by atoms with Crippen LogP contribution in [0.2, 0.25) is 0 Å². The maximum Gasteiger partial charge on any atom is 0.309 e. The minimum Gasteiger partial charge on any atom is -0.339 e. The molecule has 1 fully saturated rings. The lowest BCUT2D eigenvalue weighted by Gasteiger charge is -2.41. The van der Waals surface area contributed by atoms with Crippen molar-refractivity contribution in [1.29, 1.82) is 0 Å². The fourth-order valence-electron chi connectivity index (χ4n) is 2.28. The summed E-state index contributed by atoms with van der Waals surface area (Å²) in [6.45, 7) is 4.30. The molecule has 0 bridgehead atoms. The van der Waals surface area contributed by atoms with E-state index < -0.39 is 23.4 Å². The summed E-state index contributed by atoms with van der Waals surface area (Å²) in [7, 11) is 0. The Morgan fingerprint density at radius 2 is 1.65 bits per heavy atom. The van der Waals surface area contributed by atoms with Crippen molar-refractivity contribution in [3.63, 3.8) is 0 Å². The Kier molecular flexibility index (Phi) is 4.09. The monoisotopic (exact) mass is 290 g/mol. The van der Waals surface area contributed by atoms with Gasteiger partial charge in [0.1, 0.15) is 0 Å². The molecule has 1 aliphatic rings. The largest absolute Gasteiger partial charge is 0.339 e. The summed E-state index contributed by atoms with van der Waals surface area (Å²) < 4.78 is 49.8. The number of aliphatic hydroxyl groups is 1. The summed E-state index contributed by atoms with van der Waals surface area (Å²) >= 11 is 0. The van der Waals surface area contributed by atoms with E-state index in [-0.39, 0.29) is 24.2 Å². The number of halogens is 3. The molecule has 1 aromatic rings. The third-order valence-corrected chi connectivity index (χ3v) is 3.43. The second kappa shape index (κ2) is 5.35. The number of benzene rings is 1. The van der Waals surface area contributed by atoms with Gasteiger partial charge in [-0.15, -0.1) is 0 Å². The maximum atomic E-state index is 13.2. The van der Waals surface area contributed by atoms with Crippen LogP contribution in [-0.2, 0) is 15.4 Å². The molecule has 1 aliphatic heterocycles. The van der Waals surface area contributed by atoms with Crippen molar-refractivity contribution in [2.45, 2.75) is 32.7 Å². The summed E-state index contributed by atoms with van der Waals surface area (Å²) in [6, 6.07) is 1.34. The van der Waals surface area contributed by atoms with Crippen molar-refractivity contribution in [2.24, 2.45) is 5.41 Å². The van der Waals surface area contributed by atoms with E-state index in [0.717, 1.165) is 12.8 Å². The third kappa shape index (κ3) is 2.82. The first kappa shape index (κ1) is 15.3. The van der Waals surface area contributed by atoms with E-state index in [1.165, 1.54) is 0 Å². The molecule has 0 aromatic heterocycles. The highest BCUT2D eigenvalue weighted by molar-refractivity contribution is 5.22. The molecule has 0 saturated carbocycles. The highest BCUT2D eigenvalue weighted by Crippen LogP contribution is 2.37. The van der Waals surface area contributed by atoms with Gasteiger partial charge in [0, 0.05) is 11.0 Å². The number of hydrogen-bond donors (Lipinski definition) is 1. The SMILES string of the molecule is CCCC1(C)COC(O)(c2cc(F)c(F)c(F)c2)OC1. The zero-order valence-corrected chi connectivity index (χ0v) is 11.4. The minimum absolute atomic E-state index is 0.179. The molecule has 0 radical (unpaired) electrons. The zero-order valence-electron chi connectivity index (χ0n) is 11.4. The van der Waals surface area contributed by atoms with Gasteiger partial charge in [-0.1, -0.05) is 20.3 Å². The van der Waals surface area contributed by atoms with Crippen LogP contribution in [0.5, 0.6) is 0 Å². The molecule has 112 valence electrons. The van der Waals surface area contributed by atoms with Crippen LogP contribution < -0.4 is 0 Å². The predicted octanol–water partition coefficient (Wildman–Crippen LogP) is 3.06. The molecule has 1 saturated heterocycles. The van der Waals surface area contributed by atoms with Gasteiger partial charge in [-0.25, -0.2) is 13.2 Å². The van der Waals surface area contributed by atoms with Crippen molar-refractivity contribution in [3.8, 4) is 0 Å². The van der Waals surface area contributed by atoms with Crippen LogP contribution >= 0.6 is 0 Å². The van der Waals surface area contributed by atoms with Gasteiger partial charge < -0.3 is 14.6 Å². The number of ether oxygens (including phenoxy) is 2. The van der Waals surface area contributed by atoms with E-state index >= 15 is 0 Å². The smallest absolute Gasteiger partial charge is 0.309 e. The first-order valence-electron chi connectivity index (χ1n) is 6.45. The molecule has 20 heavy (non-hydrogen) atoms. The Labute approximate surface area is 115 Å². The lowest BCUT2D eigenvalue weighted by molar-refractivity contribution is -0.415. The minimum atomic E-state index is -2.25. The average Bonchev–Trinajstić information content (AvgIpc) is 2.40. The Balaban J connectivity index is 2.22. The summed E-state index contributed by atoms with van der Waals surface area (Å²) in [5, 5.41) is 10.2. The van der Waals surface area contributed by atoms with Gasteiger partial charge in [0.25, 0.3) is 0 Å². The van der Waals surface area contributed by atoms with Crippen molar-refractivity contribution in [2.75, 3.05) is 13.2 Å². The molecule has 0 spiro atoms. The number of rotatable bonds is 3. The summed E-state index contributed by atoms with van der Waals surface area (Å²) in [4.78, 5) is 0. The first-order chi connectivity index (χ1) is 9.30. The van der Waals surface area contributed by atoms with E-state index in [9.17, 15) is 18.3 Å². The van der Waals surface area contributed by atoms with E-state index in [0.29, 0.717) is 12.1 Å². The molecule has 1 aromatic carbocycles. The van der Waals surface area contributed by atoms with Gasteiger partial charge in [0.05, 0.1) is 13.2 Å². The number of hydrogen-bond acceptors (Lipinski definition) is 3. The molecule has 2 rings (SSSR count). The quantitative estimate of drug-likeness (QED) is 0.870. The van der Waals surface area contributed by atoms with E-state index in [1.807, 2.05) is 13.8 Å². The highest BCUT2D eigenvalue weighted by Gasteiger charge is 2.43. The predicted molar refractivity (Wildman–Crippen MR) is 65.1 cm³/mol. The van der Waals surface area contributed by atoms with Crippen LogP contribution in [0, 0.1) is 22.9 Å². The zero-order chi connectivity index (χ0) is 15.0. The van der Waals surface area contributed by atoms with Gasteiger partial charge in [0.15, 0.2) is 17.5 Å². The molecule has 3 nitrogen and oxygen atoms in total. The molecular weight excluding hydrogens is 273 g/mol. The van der Waals surface area contributed by atoms with Crippen molar-refractivity contribution >= 4 is 0 Å². The van der Waals surface area contributed by atoms with Crippen molar-refractivity contribution in [1.82, 2.24) is 0 Å². The van der Waals surface area contributed by atoms with Crippen molar-refractivity contribution < 1.29 is 27.8 Å². The van der Waals surface area contributed by atoms with Crippen LogP contribution in [0.25, 0.3) is 0 Å². The Hall–Kier alpha value is -1.11. The molecule has 0 atom stereocenters. The van der Waals surface area contributed by atoms with Crippen LogP contribution in [0.1, 0.15) is 32.3 Å². The lowest BCUT2D eigenvalue weighted by atomic mass is 9.86. The highest BCUT2D eigenvalue weighted by atomic mass is 19.2. The molecule has 0 amide bonds. The van der Waals surface area contributed by atoms with Crippen LogP contribution in [0.15, 0.2) is 12.1 Å². The Morgan fingerprint density at radius 1 is 1.15 bits per heavy atom. The standard InChI is InChI=1S/C14H17F3O3/c1-3-4-13(2)7-19-14(18,20-8-13)9-5-10(15)12(17)11(16)6-9/h5-6,18H,3-4,7-8H2,1-2H3. The van der Waals surface area contributed by atoms with Gasteiger partial charge >= 0.3 is 5.97 Å². The second-order valence-corrected chi connectivity index (χ2v) is 5.47. The molecule has 1 heterocycles. The Bertz CT molecular complexity index is 473. The molecule has 6 heteroatoms. The van der Waals surface area contributed by atoms with Crippen LogP contribution in [0.4, 0.5) is 13.2 Å². The van der Waals surface area contributed by atoms with E-state index in [2.05, 4.69) is 0 Å².